The standard InChI is InChI=1S/C26H27N3O/c1-17-8-12-19(13-9-17)16-22(20-14-10-18(2)11-15-20)23-24(29-26(27)28-23)25(30)21-6-4-3-5-7-21/h3-15,22,25,30H,16H2,1-2H3,(H3,27,28,29). The highest BCUT2D eigenvalue weighted by molar-refractivity contribution is 5.42. The maximum Gasteiger partial charge on any atom is 0.198 e. The van der Waals surface area contributed by atoms with Crippen molar-refractivity contribution >= 4 is 5.95 Å². The largest absolute Gasteiger partial charge is 0.382 e. The van der Waals surface area contributed by atoms with E-state index in [2.05, 4.69) is 72.3 Å². The van der Waals surface area contributed by atoms with Crippen LogP contribution in [0, 0.1) is 13.8 Å². The Morgan fingerprint density at radius 2 is 1.43 bits per heavy atom. The number of aliphatic hydroxyl groups is 1. The number of aliphatic hydroxyl groups excluding tert-OH is 1. The van der Waals surface area contributed by atoms with Crippen LogP contribution >= 0.6 is 0 Å². The van der Waals surface area contributed by atoms with Crippen LogP contribution in [-0.4, -0.2) is 15.1 Å². The number of nitrogens with zero attached hydrogens (tertiary/aromatic N) is 1. The number of rotatable bonds is 6. The molecule has 0 aliphatic rings. The van der Waals surface area contributed by atoms with E-state index in [1.807, 2.05) is 30.3 Å². The number of aromatic amines is 1. The molecule has 0 aliphatic carbocycles. The van der Waals surface area contributed by atoms with Gasteiger partial charge in [-0.15, -0.1) is 0 Å². The predicted molar refractivity (Wildman–Crippen MR) is 121 cm³/mol. The molecule has 1 aromatic heterocycles. The molecule has 152 valence electrons. The molecule has 3 aromatic carbocycles. The van der Waals surface area contributed by atoms with Crippen LogP contribution in [0.25, 0.3) is 0 Å². The summed E-state index contributed by atoms with van der Waals surface area (Å²) in [4.78, 5) is 7.75. The number of nitrogens with one attached hydrogen (secondary N) is 1. The van der Waals surface area contributed by atoms with E-state index >= 15 is 0 Å². The normalized spacial score (nSPS) is 13.2. The van der Waals surface area contributed by atoms with E-state index in [0.717, 1.165) is 23.2 Å². The molecule has 0 saturated heterocycles. The first kappa shape index (κ1) is 19.9. The lowest BCUT2D eigenvalue weighted by Gasteiger charge is -2.20. The maximum atomic E-state index is 11.1. The summed E-state index contributed by atoms with van der Waals surface area (Å²) in [5.41, 5.74) is 13.1. The Bertz CT molecular complexity index is 1100. The molecular weight excluding hydrogens is 370 g/mol. The molecule has 2 atom stereocenters. The first-order chi connectivity index (χ1) is 14.5. The topological polar surface area (TPSA) is 74.9 Å². The summed E-state index contributed by atoms with van der Waals surface area (Å²) < 4.78 is 0. The summed E-state index contributed by atoms with van der Waals surface area (Å²) in [5.74, 6) is 0.284. The van der Waals surface area contributed by atoms with Crippen molar-refractivity contribution in [1.29, 1.82) is 0 Å². The molecule has 0 bridgehead atoms. The number of anilines is 1. The van der Waals surface area contributed by atoms with Crippen molar-refractivity contribution in [2.24, 2.45) is 0 Å². The fourth-order valence-corrected chi connectivity index (χ4v) is 3.83. The summed E-state index contributed by atoms with van der Waals surface area (Å²) in [7, 11) is 0. The highest BCUT2D eigenvalue weighted by atomic mass is 16.3. The van der Waals surface area contributed by atoms with Gasteiger partial charge in [-0.1, -0.05) is 90.0 Å². The second-order valence-corrected chi connectivity index (χ2v) is 7.89. The van der Waals surface area contributed by atoms with Crippen LogP contribution in [0.1, 0.15) is 51.2 Å². The average Bonchev–Trinajstić information content (AvgIpc) is 3.15. The molecule has 4 N–H and O–H groups in total. The predicted octanol–water partition coefficient (Wildman–Crippen LogP) is 5.07. The second-order valence-electron chi connectivity index (χ2n) is 7.89. The summed E-state index contributed by atoms with van der Waals surface area (Å²) in [6.07, 6.45) is -0.0562. The maximum absolute atomic E-state index is 11.1. The number of hydrogen-bond acceptors (Lipinski definition) is 3. The Morgan fingerprint density at radius 3 is 2.07 bits per heavy atom. The fraction of sp³-hybridized carbons (Fsp3) is 0.192. The number of benzene rings is 3. The van der Waals surface area contributed by atoms with E-state index in [9.17, 15) is 5.11 Å². The van der Waals surface area contributed by atoms with Crippen LogP contribution in [0.2, 0.25) is 0 Å². The van der Waals surface area contributed by atoms with E-state index in [4.69, 9.17) is 5.73 Å². The van der Waals surface area contributed by atoms with Crippen LogP contribution in [0.5, 0.6) is 0 Å². The Morgan fingerprint density at radius 1 is 0.833 bits per heavy atom. The third-order valence-corrected chi connectivity index (χ3v) is 5.54. The first-order valence-corrected chi connectivity index (χ1v) is 10.2. The Balaban J connectivity index is 1.79. The van der Waals surface area contributed by atoms with Crippen molar-refractivity contribution in [2.75, 3.05) is 5.73 Å². The van der Waals surface area contributed by atoms with Gasteiger partial charge in [-0.2, -0.15) is 0 Å². The minimum Gasteiger partial charge on any atom is -0.382 e. The van der Waals surface area contributed by atoms with Gasteiger partial charge in [0.2, 0.25) is 0 Å². The lowest BCUT2D eigenvalue weighted by atomic mass is 9.86. The third-order valence-electron chi connectivity index (χ3n) is 5.54. The highest BCUT2D eigenvalue weighted by Gasteiger charge is 2.26. The van der Waals surface area contributed by atoms with E-state index in [1.165, 1.54) is 16.7 Å². The highest BCUT2D eigenvalue weighted by Crippen LogP contribution is 2.34. The lowest BCUT2D eigenvalue weighted by Crippen LogP contribution is -2.11. The number of nitrogens with two attached hydrogens (primary N) is 1. The minimum atomic E-state index is -0.822. The van der Waals surface area contributed by atoms with Crippen LogP contribution in [0.3, 0.4) is 0 Å². The van der Waals surface area contributed by atoms with Crippen LogP contribution in [-0.2, 0) is 6.42 Å². The molecule has 4 rings (SSSR count). The van der Waals surface area contributed by atoms with Gasteiger partial charge in [0.25, 0.3) is 0 Å². The second kappa shape index (κ2) is 8.56. The Hall–Kier alpha value is -3.37. The van der Waals surface area contributed by atoms with Crippen molar-refractivity contribution in [3.63, 3.8) is 0 Å². The molecule has 4 aromatic rings. The Kier molecular flexibility index (Phi) is 5.68. The van der Waals surface area contributed by atoms with Gasteiger partial charge < -0.3 is 15.8 Å². The van der Waals surface area contributed by atoms with Crippen molar-refractivity contribution in [3.8, 4) is 0 Å². The quantitative estimate of drug-likeness (QED) is 0.425. The smallest absolute Gasteiger partial charge is 0.198 e. The van der Waals surface area contributed by atoms with Crippen LogP contribution in [0.15, 0.2) is 78.9 Å². The van der Waals surface area contributed by atoms with Gasteiger partial charge in [0.05, 0.1) is 11.4 Å². The SMILES string of the molecule is Cc1ccc(CC(c2ccc(C)cc2)c2nc(N)[nH]c2C(O)c2ccccc2)cc1. The van der Waals surface area contributed by atoms with E-state index in [1.54, 1.807) is 0 Å². The zero-order valence-electron chi connectivity index (χ0n) is 17.3. The zero-order valence-corrected chi connectivity index (χ0v) is 17.3. The summed E-state index contributed by atoms with van der Waals surface area (Å²) in [5, 5.41) is 11.1. The van der Waals surface area contributed by atoms with E-state index in [-0.39, 0.29) is 5.92 Å². The molecule has 0 radical (unpaired) electrons. The van der Waals surface area contributed by atoms with Crippen LogP contribution in [0.4, 0.5) is 5.95 Å². The summed E-state index contributed by atoms with van der Waals surface area (Å²) in [6, 6.07) is 26.6. The van der Waals surface area contributed by atoms with E-state index in [0.29, 0.717) is 11.6 Å². The van der Waals surface area contributed by atoms with Gasteiger partial charge in [-0.05, 0) is 37.0 Å². The van der Waals surface area contributed by atoms with Crippen molar-refractivity contribution in [3.05, 3.63) is 118 Å². The Labute approximate surface area is 177 Å². The lowest BCUT2D eigenvalue weighted by molar-refractivity contribution is 0.214. The number of H-pyrrole nitrogens is 1. The van der Waals surface area contributed by atoms with Crippen molar-refractivity contribution in [1.82, 2.24) is 9.97 Å². The number of imidazole rings is 1. The number of hydrogen-bond donors (Lipinski definition) is 3. The van der Waals surface area contributed by atoms with Gasteiger partial charge in [0, 0.05) is 5.92 Å². The molecule has 0 saturated carbocycles. The van der Waals surface area contributed by atoms with Crippen molar-refractivity contribution in [2.45, 2.75) is 32.3 Å². The van der Waals surface area contributed by atoms with Gasteiger partial charge in [-0.3, -0.25) is 0 Å². The molecule has 0 fully saturated rings. The molecule has 4 nitrogen and oxygen atoms in total. The van der Waals surface area contributed by atoms with Crippen LogP contribution < -0.4 is 5.73 Å². The zero-order chi connectivity index (χ0) is 21.1. The van der Waals surface area contributed by atoms with Gasteiger partial charge in [0.15, 0.2) is 5.95 Å². The number of nitrogen functional groups attached to an aromatic ring is 1. The van der Waals surface area contributed by atoms with E-state index < -0.39 is 6.10 Å². The number of aromatic nitrogens is 2. The number of aryl methyl sites for hydroxylation is 2. The van der Waals surface area contributed by atoms with Gasteiger partial charge >= 0.3 is 0 Å². The molecule has 1 heterocycles. The molecular formula is C26H27N3O. The van der Waals surface area contributed by atoms with Gasteiger partial charge in [-0.25, -0.2) is 4.98 Å². The van der Waals surface area contributed by atoms with Crippen molar-refractivity contribution < 1.29 is 5.11 Å². The molecule has 0 amide bonds. The third kappa shape index (κ3) is 4.29. The molecule has 2 unspecified atom stereocenters. The molecule has 0 spiro atoms. The van der Waals surface area contributed by atoms with Gasteiger partial charge in [0.1, 0.15) is 6.10 Å². The molecule has 0 aliphatic heterocycles. The summed E-state index contributed by atoms with van der Waals surface area (Å²) >= 11 is 0. The monoisotopic (exact) mass is 397 g/mol. The fourth-order valence-electron chi connectivity index (χ4n) is 3.83. The average molecular weight is 398 g/mol. The minimum absolute atomic E-state index is 0.0322. The summed E-state index contributed by atoms with van der Waals surface area (Å²) in [6.45, 7) is 4.17. The molecule has 4 heteroatoms. The first-order valence-electron chi connectivity index (χ1n) is 10.2. The molecule has 30 heavy (non-hydrogen) atoms.